The fraction of sp³-hybridized carbons (Fsp3) is 0.438. The molecule has 0 saturated carbocycles. The molecular formula is C16H21N5. The number of hydrogen-bond donors (Lipinski definition) is 0. The Bertz CT molecular complexity index is 666. The van der Waals surface area contributed by atoms with Gasteiger partial charge in [-0.15, -0.1) is 0 Å². The molecule has 21 heavy (non-hydrogen) atoms. The maximum absolute atomic E-state index is 9.41. The molecule has 0 aliphatic carbocycles. The van der Waals surface area contributed by atoms with Gasteiger partial charge in [-0.2, -0.15) is 10.4 Å². The van der Waals surface area contributed by atoms with Crippen LogP contribution in [0.5, 0.6) is 0 Å². The normalized spacial score (nSPS) is 10.4. The summed E-state index contributed by atoms with van der Waals surface area (Å²) in [6.45, 7) is 10.4. The zero-order chi connectivity index (χ0) is 15.4. The third-order valence-corrected chi connectivity index (χ3v) is 3.50. The molecule has 0 fully saturated rings. The van der Waals surface area contributed by atoms with Crippen molar-refractivity contribution in [3.05, 3.63) is 40.8 Å². The van der Waals surface area contributed by atoms with Crippen molar-refractivity contribution in [2.24, 2.45) is 0 Å². The molecule has 0 aromatic carbocycles. The second-order valence-corrected chi connectivity index (χ2v) is 5.11. The first kappa shape index (κ1) is 15.0. The van der Waals surface area contributed by atoms with Crippen LogP contribution in [0.4, 0.5) is 5.82 Å². The van der Waals surface area contributed by atoms with Crippen molar-refractivity contribution in [1.29, 1.82) is 5.26 Å². The van der Waals surface area contributed by atoms with Crippen LogP contribution in [0.15, 0.2) is 18.5 Å². The second-order valence-electron chi connectivity index (χ2n) is 5.11. The van der Waals surface area contributed by atoms with Crippen LogP contribution >= 0.6 is 0 Å². The molecule has 0 saturated heterocycles. The van der Waals surface area contributed by atoms with E-state index in [2.05, 4.69) is 34.9 Å². The van der Waals surface area contributed by atoms with Gasteiger partial charge in [0.25, 0.3) is 0 Å². The van der Waals surface area contributed by atoms with Gasteiger partial charge in [0.2, 0.25) is 0 Å². The first-order valence-corrected chi connectivity index (χ1v) is 7.23. The number of anilines is 1. The maximum Gasteiger partial charge on any atom is 0.147 e. The van der Waals surface area contributed by atoms with Crippen molar-refractivity contribution >= 4 is 5.82 Å². The molecule has 0 unspecified atom stereocenters. The summed E-state index contributed by atoms with van der Waals surface area (Å²) in [7, 11) is 0. The highest BCUT2D eigenvalue weighted by atomic mass is 15.3. The molecule has 2 aromatic rings. The van der Waals surface area contributed by atoms with Crippen molar-refractivity contribution in [3.63, 3.8) is 0 Å². The number of aryl methyl sites for hydroxylation is 3. The van der Waals surface area contributed by atoms with E-state index in [0.717, 1.165) is 35.7 Å². The largest absolute Gasteiger partial charge is 0.351 e. The van der Waals surface area contributed by atoms with E-state index in [-0.39, 0.29) is 0 Å². The summed E-state index contributed by atoms with van der Waals surface area (Å²) in [5.74, 6) is 0.766. The molecule has 0 aliphatic rings. The fourth-order valence-corrected chi connectivity index (χ4v) is 2.40. The van der Waals surface area contributed by atoms with Gasteiger partial charge in [-0.3, -0.25) is 4.68 Å². The average Bonchev–Trinajstić information content (AvgIpc) is 2.91. The summed E-state index contributed by atoms with van der Waals surface area (Å²) < 4.78 is 1.91. The first-order valence-electron chi connectivity index (χ1n) is 7.23. The van der Waals surface area contributed by atoms with E-state index in [9.17, 15) is 5.26 Å². The molecule has 5 heteroatoms. The third kappa shape index (κ3) is 3.22. The third-order valence-electron chi connectivity index (χ3n) is 3.50. The highest BCUT2D eigenvalue weighted by Gasteiger charge is 2.15. The van der Waals surface area contributed by atoms with E-state index >= 15 is 0 Å². The van der Waals surface area contributed by atoms with Crippen molar-refractivity contribution in [2.75, 3.05) is 11.4 Å². The molecule has 2 rings (SSSR count). The molecule has 0 atom stereocenters. The van der Waals surface area contributed by atoms with Gasteiger partial charge in [-0.05, 0) is 39.3 Å². The molecule has 0 radical (unpaired) electrons. The van der Waals surface area contributed by atoms with E-state index in [1.165, 1.54) is 0 Å². The molecular weight excluding hydrogens is 262 g/mol. The topological polar surface area (TPSA) is 57.7 Å². The average molecular weight is 283 g/mol. The van der Waals surface area contributed by atoms with Crippen LogP contribution in [0.2, 0.25) is 0 Å². The Morgan fingerprint density at radius 2 is 2.10 bits per heavy atom. The zero-order valence-electron chi connectivity index (χ0n) is 13.1. The molecule has 0 bridgehead atoms. The Hall–Kier alpha value is -2.35. The molecule has 5 nitrogen and oxygen atoms in total. The van der Waals surface area contributed by atoms with Gasteiger partial charge in [0.05, 0.1) is 11.8 Å². The van der Waals surface area contributed by atoms with Crippen molar-refractivity contribution in [2.45, 2.75) is 40.8 Å². The van der Waals surface area contributed by atoms with Gasteiger partial charge in [-0.25, -0.2) is 4.98 Å². The predicted octanol–water partition coefficient (Wildman–Crippen LogP) is 2.81. The lowest BCUT2D eigenvalue weighted by Crippen LogP contribution is -2.24. The van der Waals surface area contributed by atoms with Gasteiger partial charge in [0.15, 0.2) is 0 Å². The Balaban J connectivity index is 2.35. The molecule has 0 aliphatic heterocycles. The van der Waals surface area contributed by atoms with Gasteiger partial charge in [0, 0.05) is 37.1 Å². The minimum Gasteiger partial charge on any atom is -0.351 e. The maximum atomic E-state index is 9.41. The Morgan fingerprint density at radius 3 is 2.67 bits per heavy atom. The Kier molecular flexibility index (Phi) is 4.59. The second kappa shape index (κ2) is 6.40. The van der Waals surface area contributed by atoms with Crippen molar-refractivity contribution in [1.82, 2.24) is 14.8 Å². The quantitative estimate of drug-likeness (QED) is 0.846. The first-order chi connectivity index (χ1) is 10.1. The van der Waals surface area contributed by atoms with E-state index in [1.54, 1.807) is 0 Å². The van der Waals surface area contributed by atoms with Gasteiger partial charge in [0.1, 0.15) is 11.9 Å². The number of rotatable bonds is 5. The lowest BCUT2D eigenvalue weighted by Gasteiger charge is -2.23. The lowest BCUT2D eigenvalue weighted by atomic mass is 10.1. The highest BCUT2D eigenvalue weighted by Crippen LogP contribution is 2.23. The molecule has 0 N–H and O–H groups in total. The summed E-state index contributed by atoms with van der Waals surface area (Å²) in [5, 5.41) is 13.7. The molecule has 110 valence electrons. The number of hydrogen-bond acceptors (Lipinski definition) is 4. The lowest BCUT2D eigenvalue weighted by molar-refractivity contribution is 0.658. The van der Waals surface area contributed by atoms with Crippen LogP contribution in [-0.4, -0.2) is 21.3 Å². The minimum absolute atomic E-state index is 0.658. The zero-order valence-corrected chi connectivity index (χ0v) is 13.1. The van der Waals surface area contributed by atoms with E-state index in [4.69, 9.17) is 0 Å². The van der Waals surface area contributed by atoms with Crippen LogP contribution in [0.1, 0.15) is 36.2 Å². The summed E-state index contributed by atoms with van der Waals surface area (Å²) >= 11 is 0. The summed E-state index contributed by atoms with van der Waals surface area (Å²) in [5.41, 5.74) is 3.70. The molecule has 0 spiro atoms. The number of pyridine rings is 1. The van der Waals surface area contributed by atoms with Gasteiger partial charge in [-0.1, -0.05) is 0 Å². The molecule has 0 amide bonds. The Morgan fingerprint density at radius 1 is 1.33 bits per heavy atom. The predicted molar refractivity (Wildman–Crippen MR) is 83.1 cm³/mol. The van der Waals surface area contributed by atoms with Gasteiger partial charge >= 0.3 is 0 Å². The van der Waals surface area contributed by atoms with E-state index in [1.807, 2.05) is 37.0 Å². The number of nitriles is 1. The number of aromatic nitrogens is 3. The van der Waals surface area contributed by atoms with E-state index in [0.29, 0.717) is 12.1 Å². The SMILES string of the molecule is CCN(Cc1cnn(CC)c1)c1nc(C)cc(C)c1C#N. The van der Waals surface area contributed by atoms with Crippen LogP contribution in [0.25, 0.3) is 0 Å². The van der Waals surface area contributed by atoms with Crippen LogP contribution in [0.3, 0.4) is 0 Å². The Labute approximate surface area is 125 Å². The highest BCUT2D eigenvalue weighted by molar-refractivity contribution is 5.58. The standard InChI is InChI=1S/C16H21N5/c1-5-20(10-14-9-18-21(6-2)11-14)16-15(8-17)12(3)7-13(4)19-16/h7,9,11H,5-6,10H2,1-4H3. The molecule has 2 aromatic heterocycles. The summed E-state index contributed by atoms with van der Waals surface area (Å²) in [6, 6.07) is 4.23. The van der Waals surface area contributed by atoms with E-state index < -0.39 is 0 Å². The summed E-state index contributed by atoms with van der Waals surface area (Å²) in [4.78, 5) is 6.70. The monoisotopic (exact) mass is 283 g/mol. The van der Waals surface area contributed by atoms with Crippen molar-refractivity contribution in [3.8, 4) is 6.07 Å². The smallest absolute Gasteiger partial charge is 0.147 e. The summed E-state index contributed by atoms with van der Waals surface area (Å²) in [6.07, 6.45) is 3.91. The van der Waals surface area contributed by atoms with Crippen LogP contribution in [-0.2, 0) is 13.1 Å². The molecule has 2 heterocycles. The van der Waals surface area contributed by atoms with Gasteiger partial charge < -0.3 is 4.90 Å². The number of nitrogens with zero attached hydrogens (tertiary/aromatic N) is 5. The van der Waals surface area contributed by atoms with Crippen LogP contribution in [0, 0.1) is 25.2 Å². The minimum atomic E-state index is 0.658. The van der Waals surface area contributed by atoms with Crippen LogP contribution < -0.4 is 4.90 Å². The fourth-order valence-electron chi connectivity index (χ4n) is 2.40. The van der Waals surface area contributed by atoms with Crippen molar-refractivity contribution < 1.29 is 0 Å².